The summed E-state index contributed by atoms with van der Waals surface area (Å²) in [5.41, 5.74) is 3.47. The summed E-state index contributed by atoms with van der Waals surface area (Å²) in [7, 11) is 0. The van der Waals surface area contributed by atoms with Gasteiger partial charge in [-0.1, -0.05) is 31.9 Å². The molecule has 0 atom stereocenters. The number of aromatic nitrogens is 2. The first-order chi connectivity index (χ1) is 12.2. The number of fused-ring (bicyclic) bond motifs is 1. The standard InChI is InChI=1S/C19H25FN4O.ClH/c1-2-3-4-11-24(13-14-5-7-15(20)8-6-14)19(25)18-16-12-21-10-9-17(16)22-23-18;/h5-8,21H,2-4,9-13H2,1H3,(H,22,23);1H. The summed E-state index contributed by atoms with van der Waals surface area (Å²) in [4.78, 5) is 14.9. The fourth-order valence-electron chi connectivity index (χ4n) is 3.17. The van der Waals surface area contributed by atoms with Crippen molar-refractivity contribution in [2.24, 2.45) is 0 Å². The molecule has 0 bridgehead atoms. The van der Waals surface area contributed by atoms with E-state index < -0.39 is 0 Å². The Hall–Kier alpha value is -1.92. The summed E-state index contributed by atoms with van der Waals surface area (Å²) in [5, 5.41) is 10.6. The van der Waals surface area contributed by atoms with Crippen LogP contribution in [0, 0.1) is 5.82 Å². The maximum Gasteiger partial charge on any atom is 0.274 e. The predicted octanol–water partition coefficient (Wildman–Crippen LogP) is 3.45. The van der Waals surface area contributed by atoms with Gasteiger partial charge in [-0.25, -0.2) is 4.39 Å². The lowest BCUT2D eigenvalue weighted by Gasteiger charge is -2.23. The molecule has 1 aliphatic rings. The fourth-order valence-corrected chi connectivity index (χ4v) is 3.17. The highest BCUT2D eigenvalue weighted by molar-refractivity contribution is 5.94. The molecule has 0 spiro atoms. The number of halogens is 2. The number of unbranched alkanes of at least 4 members (excludes halogenated alkanes) is 2. The van der Waals surface area contributed by atoms with E-state index >= 15 is 0 Å². The minimum absolute atomic E-state index is 0. The third kappa shape index (κ3) is 4.83. The normalized spacial score (nSPS) is 13.0. The molecule has 3 rings (SSSR count). The second-order valence-electron chi connectivity index (χ2n) is 6.52. The average Bonchev–Trinajstić information content (AvgIpc) is 3.06. The number of rotatable bonds is 7. The molecule has 0 radical (unpaired) electrons. The van der Waals surface area contributed by atoms with Gasteiger partial charge < -0.3 is 10.2 Å². The molecule has 1 aromatic heterocycles. The van der Waals surface area contributed by atoms with E-state index in [-0.39, 0.29) is 24.1 Å². The molecule has 2 aromatic rings. The van der Waals surface area contributed by atoms with Crippen LogP contribution in [-0.2, 0) is 19.5 Å². The zero-order valence-corrected chi connectivity index (χ0v) is 15.9. The summed E-state index contributed by atoms with van der Waals surface area (Å²) in [6.45, 7) is 4.86. The maximum absolute atomic E-state index is 13.1. The lowest BCUT2D eigenvalue weighted by molar-refractivity contribution is 0.0732. The Kier molecular flexibility index (Phi) is 7.60. The molecule has 0 aliphatic carbocycles. The molecule has 5 nitrogen and oxygen atoms in total. The molecule has 0 fully saturated rings. The maximum atomic E-state index is 13.1. The van der Waals surface area contributed by atoms with Crippen LogP contribution in [0.2, 0.25) is 0 Å². The van der Waals surface area contributed by atoms with Gasteiger partial charge in [0.05, 0.1) is 0 Å². The number of amides is 1. The number of H-pyrrole nitrogens is 1. The number of benzene rings is 1. The van der Waals surface area contributed by atoms with Crippen molar-refractivity contribution < 1.29 is 9.18 Å². The quantitative estimate of drug-likeness (QED) is 0.723. The van der Waals surface area contributed by atoms with Crippen molar-refractivity contribution in [2.75, 3.05) is 13.1 Å². The van der Waals surface area contributed by atoms with Crippen LogP contribution in [0.3, 0.4) is 0 Å². The van der Waals surface area contributed by atoms with Gasteiger partial charge in [0.1, 0.15) is 5.82 Å². The zero-order chi connectivity index (χ0) is 17.6. The number of hydrogen-bond donors (Lipinski definition) is 2. The van der Waals surface area contributed by atoms with Crippen LogP contribution in [0.25, 0.3) is 0 Å². The Bertz CT molecular complexity index is 717. The molecular weight excluding hydrogens is 355 g/mol. The van der Waals surface area contributed by atoms with E-state index in [1.165, 1.54) is 12.1 Å². The van der Waals surface area contributed by atoms with Crippen LogP contribution < -0.4 is 5.32 Å². The SMILES string of the molecule is CCCCCN(Cc1ccc(F)cc1)C(=O)c1n[nH]c2c1CNCC2.Cl. The molecule has 2 N–H and O–H groups in total. The molecule has 142 valence electrons. The molecule has 7 heteroatoms. The summed E-state index contributed by atoms with van der Waals surface area (Å²) in [6, 6.07) is 6.34. The Labute approximate surface area is 159 Å². The molecule has 1 aliphatic heterocycles. The van der Waals surface area contributed by atoms with Crippen molar-refractivity contribution >= 4 is 18.3 Å². The number of carbonyl (C=O) groups is 1. The highest BCUT2D eigenvalue weighted by Crippen LogP contribution is 2.19. The van der Waals surface area contributed by atoms with Crippen LogP contribution in [-0.4, -0.2) is 34.1 Å². The molecule has 0 saturated carbocycles. The Morgan fingerprint density at radius 2 is 2.04 bits per heavy atom. The van der Waals surface area contributed by atoms with Gasteiger partial charge in [-0.05, 0) is 24.1 Å². The van der Waals surface area contributed by atoms with E-state index in [4.69, 9.17) is 0 Å². The topological polar surface area (TPSA) is 61.0 Å². The monoisotopic (exact) mass is 380 g/mol. The van der Waals surface area contributed by atoms with Gasteiger partial charge in [0.25, 0.3) is 5.91 Å². The minimum Gasteiger partial charge on any atom is -0.333 e. The lowest BCUT2D eigenvalue weighted by atomic mass is 10.1. The number of hydrogen-bond acceptors (Lipinski definition) is 3. The Morgan fingerprint density at radius 1 is 1.27 bits per heavy atom. The van der Waals surface area contributed by atoms with Crippen molar-refractivity contribution in [3.63, 3.8) is 0 Å². The highest BCUT2D eigenvalue weighted by atomic mass is 35.5. The Morgan fingerprint density at radius 3 is 2.77 bits per heavy atom. The first-order valence-electron chi connectivity index (χ1n) is 8.99. The first kappa shape index (κ1) is 20.4. The van der Waals surface area contributed by atoms with Gasteiger partial charge in [0, 0.05) is 43.9 Å². The minimum atomic E-state index is -0.264. The van der Waals surface area contributed by atoms with Crippen LogP contribution in [0.1, 0.15) is 53.5 Å². The third-order valence-corrected chi connectivity index (χ3v) is 4.61. The Balaban J connectivity index is 0.00000243. The lowest BCUT2D eigenvalue weighted by Crippen LogP contribution is -2.33. The predicted molar refractivity (Wildman–Crippen MR) is 102 cm³/mol. The van der Waals surface area contributed by atoms with Gasteiger partial charge in [-0.2, -0.15) is 5.10 Å². The van der Waals surface area contributed by atoms with Crippen molar-refractivity contribution in [1.82, 2.24) is 20.4 Å². The van der Waals surface area contributed by atoms with E-state index in [1.54, 1.807) is 12.1 Å². The largest absolute Gasteiger partial charge is 0.333 e. The first-order valence-corrected chi connectivity index (χ1v) is 8.99. The zero-order valence-electron chi connectivity index (χ0n) is 15.1. The number of nitrogens with one attached hydrogen (secondary N) is 2. The van der Waals surface area contributed by atoms with Crippen LogP contribution in [0.5, 0.6) is 0 Å². The van der Waals surface area contributed by atoms with E-state index in [1.807, 2.05) is 4.90 Å². The molecule has 1 aromatic carbocycles. The number of nitrogens with zero attached hydrogens (tertiary/aromatic N) is 2. The molecule has 2 heterocycles. The average molecular weight is 381 g/mol. The summed E-state index contributed by atoms with van der Waals surface area (Å²) in [5.74, 6) is -0.318. The molecule has 0 unspecified atom stereocenters. The van der Waals surface area contributed by atoms with Crippen LogP contribution >= 0.6 is 12.4 Å². The van der Waals surface area contributed by atoms with Crippen molar-refractivity contribution in [2.45, 2.75) is 45.7 Å². The van der Waals surface area contributed by atoms with E-state index in [9.17, 15) is 9.18 Å². The van der Waals surface area contributed by atoms with Gasteiger partial charge >= 0.3 is 0 Å². The van der Waals surface area contributed by atoms with Crippen molar-refractivity contribution in [3.8, 4) is 0 Å². The molecular formula is C19H26ClFN4O. The van der Waals surface area contributed by atoms with E-state index in [2.05, 4.69) is 22.4 Å². The van der Waals surface area contributed by atoms with E-state index in [0.29, 0.717) is 25.3 Å². The summed E-state index contributed by atoms with van der Waals surface area (Å²) < 4.78 is 13.1. The summed E-state index contributed by atoms with van der Waals surface area (Å²) in [6.07, 6.45) is 3.99. The van der Waals surface area contributed by atoms with Gasteiger partial charge in [0.2, 0.25) is 0 Å². The molecule has 26 heavy (non-hydrogen) atoms. The second-order valence-corrected chi connectivity index (χ2v) is 6.52. The van der Waals surface area contributed by atoms with Gasteiger partial charge in [-0.3, -0.25) is 9.89 Å². The number of carbonyl (C=O) groups excluding carboxylic acids is 1. The van der Waals surface area contributed by atoms with E-state index in [0.717, 1.165) is 49.0 Å². The highest BCUT2D eigenvalue weighted by Gasteiger charge is 2.25. The van der Waals surface area contributed by atoms with Gasteiger partial charge in [0.15, 0.2) is 5.69 Å². The molecule has 0 saturated heterocycles. The van der Waals surface area contributed by atoms with Crippen molar-refractivity contribution in [1.29, 1.82) is 0 Å². The summed E-state index contributed by atoms with van der Waals surface area (Å²) >= 11 is 0. The van der Waals surface area contributed by atoms with Crippen LogP contribution in [0.4, 0.5) is 4.39 Å². The molecule has 1 amide bonds. The smallest absolute Gasteiger partial charge is 0.274 e. The third-order valence-electron chi connectivity index (χ3n) is 4.61. The number of aromatic amines is 1. The van der Waals surface area contributed by atoms with Crippen molar-refractivity contribution in [3.05, 3.63) is 52.6 Å². The van der Waals surface area contributed by atoms with Crippen LogP contribution in [0.15, 0.2) is 24.3 Å². The van der Waals surface area contributed by atoms with Gasteiger partial charge in [-0.15, -0.1) is 12.4 Å². The fraction of sp³-hybridized carbons (Fsp3) is 0.474. The second kappa shape index (κ2) is 9.69.